The van der Waals surface area contributed by atoms with E-state index in [-0.39, 0.29) is 19.0 Å². The molecule has 0 saturated carbocycles. The molecule has 0 spiro atoms. The third kappa shape index (κ3) is 6.21. The Morgan fingerprint density at radius 1 is 0.955 bits per heavy atom. The van der Waals surface area contributed by atoms with Crippen LogP contribution >= 0.6 is 0 Å². The first-order chi connectivity index (χ1) is 10.6. The number of phenols is 1. The minimum atomic E-state index is -0.489. The molecule has 0 aliphatic carbocycles. The number of hydrogen-bond acceptors (Lipinski definition) is 5. The maximum absolute atomic E-state index is 10.7. The van der Waals surface area contributed by atoms with E-state index in [9.17, 15) is 4.79 Å². The molecule has 5 nitrogen and oxygen atoms in total. The second-order valence-corrected chi connectivity index (χ2v) is 4.25. The van der Waals surface area contributed by atoms with Crippen LogP contribution in [0.3, 0.4) is 0 Å². The summed E-state index contributed by atoms with van der Waals surface area (Å²) in [5, 5.41) is 26.1. The van der Waals surface area contributed by atoms with Crippen molar-refractivity contribution in [1.29, 1.82) is 0 Å². The van der Waals surface area contributed by atoms with Gasteiger partial charge in [-0.15, -0.1) is 0 Å². The minimum Gasteiger partial charge on any atom is -0.508 e. The number of carbonyl (C=O) groups is 1. The normalized spacial score (nSPS) is 9.36. The Hall–Kier alpha value is -2.63. The van der Waals surface area contributed by atoms with Crippen LogP contribution in [0.1, 0.15) is 11.1 Å². The first-order valence-electron chi connectivity index (χ1n) is 6.52. The Morgan fingerprint density at radius 3 is 1.82 bits per heavy atom. The number of aromatic hydroxyl groups is 1. The van der Waals surface area contributed by atoms with E-state index in [0.717, 1.165) is 17.2 Å². The molecule has 5 heteroatoms. The first-order valence-corrected chi connectivity index (χ1v) is 6.52. The summed E-state index contributed by atoms with van der Waals surface area (Å²) >= 11 is 0. The summed E-state index contributed by atoms with van der Waals surface area (Å²) < 4.78 is 4.82. The first kappa shape index (κ1) is 17.4. The van der Waals surface area contributed by atoms with Gasteiger partial charge in [0, 0.05) is 6.08 Å². The molecule has 0 aromatic heterocycles. The Morgan fingerprint density at radius 2 is 1.41 bits per heavy atom. The van der Waals surface area contributed by atoms with E-state index in [1.54, 1.807) is 48.5 Å². The van der Waals surface area contributed by atoms with E-state index in [1.165, 1.54) is 0 Å². The maximum Gasteiger partial charge on any atom is 0.335 e. The lowest BCUT2D eigenvalue weighted by Gasteiger charge is -2.01. The summed E-state index contributed by atoms with van der Waals surface area (Å²) in [7, 11) is 0. The summed E-state index contributed by atoms with van der Waals surface area (Å²) in [6.07, 6.45) is 1.10. The lowest BCUT2D eigenvalue weighted by atomic mass is 10.2. The summed E-state index contributed by atoms with van der Waals surface area (Å²) in [5.74, 6) is 0.186. The van der Waals surface area contributed by atoms with Crippen LogP contribution in [0.25, 0.3) is 0 Å². The third-order valence-electron chi connectivity index (χ3n) is 2.61. The second kappa shape index (κ2) is 9.33. The predicted octanol–water partition coefficient (Wildman–Crippen LogP) is 2.15. The molecule has 0 saturated heterocycles. The highest BCUT2D eigenvalue weighted by Gasteiger charge is 1.98. The molecule has 0 unspecified atom stereocenters. The van der Waals surface area contributed by atoms with Crippen molar-refractivity contribution in [2.45, 2.75) is 13.2 Å². The molecule has 0 aliphatic rings. The van der Waals surface area contributed by atoms with Crippen LogP contribution in [0, 0.1) is 0 Å². The van der Waals surface area contributed by atoms with E-state index >= 15 is 0 Å². The fourth-order valence-corrected chi connectivity index (χ4v) is 1.42. The molecule has 0 aliphatic heterocycles. The zero-order chi connectivity index (χ0) is 16.4. The average molecular weight is 302 g/mol. The van der Waals surface area contributed by atoms with Gasteiger partial charge in [-0.1, -0.05) is 30.8 Å². The molecule has 0 atom stereocenters. The SMILES string of the molecule is C=CC(=O)Oc1ccc(CO)cc1.OCc1ccc(O)cc1. The van der Waals surface area contributed by atoms with E-state index < -0.39 is 5.97 Å². The summed E-state index contributed by atoms with van der Waals surface area (Å²) in [6, 6.07) is 13.1. The topological polar surface area (TPSA) is 87.0 Å². The number of benzene rings is 2. The van der Waals surface area contributed by atoms with Gasteiger partial charge < -0.3 is 20.1 Å². The number of ether oxygens (including phenoxy) is 1. The lowest BCUT2D eigenvalue weighted by Crippen LogP contribution is -2.02. The van der Waals surface area contributed by atoms with Crippen molar-refractivity contribution in [1.82, 2.24) is 0 Å². The molecular weight excluding hydrogens is 284 g/mol. The maximum atomic E-state index is 10.7. The molecular formula is C17H18O5. The molecule has 0 fully saturated rings. The Kier molecular flexibility index (Phi) is 7.39. The summed E-state index contributed by atoms with van der Waals surface area (Å²) in [4.78, 5) is 10.7. The van der Waals surface area contributed by atoms with Crippen molar-refractivity contribution in [3.8, 4) is 11.5 Å². The van der Waals surface area contributed by atoms with Crippen molar-refractivity contribution in [3.05, 3.63) is 72.3 Å². The van der Waals surface area contributed by atoms with Crippen molar-refractivity contribution in [2.75, 3.05) is 0 Å². The van der Waals surface area contributed by atoms with Gasteiger partial charge in [0.25, 0.3) is 0 Å². The largest absolute Gasteiger partial charge is 0.508 e. The number of esters is 1. The van der Waals surface area contributed by atoms with Gasteiger partial charge in [-0.05, 0) is 35.4 Å². The highest BCUT2D eigenvalue weighted by Crippen LogP contribution is 2.12. The third-order valence-corrected chi connectivity index (χ3v) is 2.61. The van der Waals surface area contributed by atoms with Crippen molar-refractivity contribution < 1.29 is 24.9 Å². The zero-order valence-corrected chi connectivity index (χ0v) is 12.0. The number of hydrogen-bond donors (Lipinski definition) is 3. The van der Waals surface area contributed by atoms with Crippen LogP contribution < -0.4 is 4.74 Å². The molecule has 2 aromatic carbocycles. The van der Waals surface area contributed by atoms with Crippen LogP contribution in [0.15, 0.2) is 61.2 Å². The van der Waals surface area contributed by atoms with Gasteiger partial charge >= 0.3 is 5.97 Å². The van der Waals surface area contributed by atoms with Crippen LogP contribution in [0.5, 0.6) is 11.5 Å². The number of phenolic OH excluding ortho intramolecular Hbond substituents is 1. The Labute approximate surface area is 128 Å². The van der Waals surface area contributed by atoms with Gasteiger partial charge in [0.05, 0.1) is 13.2 Å². The van der Waals surface area contributed by atoms with Gasteiger partial charge in [-0.3, -0.25) is 0 Å². The zero-order valence-electron chi connectivity index (χ0n) is 12.0. The molecule has 0 heterocycles. The minimum absolute atomic E-state index is 0.0182. The van der Waals surface area contributed by atoms with E-state index in [4.69, 9.17) is 20.1 Å². The molecule has 2 aromatic rings. The fourth-order valence-electron chi connectivity index (χ4n) is 1.42. The summed E-state index contributed by atoms with van der Waals surface area (Å²) in [5.41, 5.74) is 1.59. The average Bonchev–Trinajstić information content (AvgIpc) is 2.57. The molecule has 3 N–H and O–H groups in total. The monoisotopic (exact) mass is 302 g/mol. The van der Waals surface area contributed by atoms with Crippen LogP contribution in [0.4, 0.5) is 0 Å². The Balaban J connectivity index is 0.000000235. The number of aliphatic hydroxyl groups excluding tert-OH is 2. The lowest BCUT2D eigenvalue weighted by molar-refractivity contribution is -0.128. The highest BCUT2D eigenvalue weighted by atomic mass is 16.5. The number of rotatable bonds is 4. The van der Waals surface area contributed by atoms with E-state index in [2.05, 4.69) is 6.58 Å². The molecule has 0 bridgehead atoms. The summed E-state index contributed by atoms with van der Waals surface area (Å²) in [6.45, 7) is 3.29. The van der Waals surface area contributed by atoms with Crippen LogP contribution in [0.2, 0.25) is 0 Å². The Bertz CT molecular complexity index is 587. The van der Waals surface area contributed by atoms with Crippen LogP contribution in [-0.4, -0.2) is 21.3 Å². The van der Waals surface area contributed by atoms with Gasteiger partial charge in [0.15, 0.2) is 0 Å². The smallest absolute Gasteiger partial charge is 0.335 e. The quantitative estimate of drug-likeness (QED) is 0.458. The van der Waals surface area contributed by atoms with E-state index in [1.807, 2.05) is 0 Å². The fraction of sp³-hybridized carbons (Fsp3) is 0.118. The van der Waals surface area contributed by atoms with Gasteiger partial charge in [0.2, 0.25) is 0 Å². The molecule has 0 amide bonds. The van der Waals surface area contributed by atoms with Crippen molar-refractivity contribution in [3.63, 3.8) is 0 Å². The predicted molar refractivity (Wildman–Crippen MR) is 82.2 cm³/mol. The molecule has 2 rings (SSSR count). The highest BCUT2D eigenvalue weighted by molar-refractivity contribution is 5.83. The van der Waals surface area contributed by atoms with Crippen molar-refractivity contribution in [2.24, 2.45) is 0 Å². The molecule has 22 heavy (non-hydrogen) atoms. The van der Waals surface area contributed by atoms with Crippen molar-refractivity contribution >= 4 is 5.97 Å². The van der Waals surface area contributed by atoms with E-state index in [0.29, 0.717) is 5.75 Å². The number of carbonyl (C=O) groups excluding carboxylic acids is 1. The molecule has 0 radical (unpaired) electrons. The van der Waals surface area contributed by atoms with Gasteiger partial charge in [-0.25, -0.2) is 4.79 Å². The second-order valence-electron chi connectivity index (χ2n) is 4.25. The van der Waals surface area contributed by atoms with Crippen LogP contribution in [-0.2, 0) is 18.0 Å². The molecule has 116 valence electrons. The standard InChI is InChI=1S/C10H10O3.C7H8O2/c1-2-10(12)13-9-5-3-8(7-11)4-6-9;8-5-6-1-3-7(9)4-2-6/h2-6,11H,1,7H2;1-4,8-9H,5H2. The van der Waals surface area contributed by atoms with Gasteiger partial charge in [0.1, 0.15) is 11.5 Å². The van der Waals surface area contributed by atoms with Gasteiger partial charge in [-0.2, -0.15) is 0 Å². The number of aliphatic hydroxyl groups is 2.